The highest BCUT2D eigenvalue weighted by Gasteiger charge is 2.36. The molecular formula is C28H28ClFN4O2S. The largest absolute Gasteiger partial charge is 0.353 e. The Morgan fingerprint density at radius 3 is 2.51 bits per heavy atom. The first-order valence-corrected chi connectivity index (χ1v) is 13.6. The summed E-state index contributed by atoms with van der Waals surface area (Å²) < 4.78 is 15.0. The van der Waals surface area contributed by atoms with Gasteiger partial charge in [-0.2, -0.15) is 5.26 Å². The van der Waals surface area contributed by atoms with E-state index in [2.05, 4.69) is 22.0 Å². The number of anilines is 1. The standard InChI is InChI=1S/C28H28ClFN4O2S/c1-17-25(27(36)34-20-13-11-18(29)12-14-20)26(21-9-5-6-10-23(21)30)22(15-31)28(32-17)37-16-24(35)33-19-7-3-2-4-8-19/h5-6,9-14,19,26,32H,2-4,7-8,16H2,1H3,(H,33,35)(H,34,36)/t26-/m0/s1. The molecule has 2 aliphatic rings. The number of benzene rings is 2. The molecule has 0 aromatic heterocycles. The van der Waals surface area contributed by atoms with Crippen molar-refractivity contribution in [1.82, 2.24) is 10.6 Å². The van der Waals surface area contributed by atoms with Crippen molar-refractivity contribution in [2.24, 2.45) is 0 Å². The van der Waals surface area contributed by atoms with E-state index >= 15 is 4.39 Å². The molecule has 1 aliphatic carbocycles. The number of hydrogen-bond donors (Lipinski definition) is 3. The number of halogens is 2. The van der Waals surface area contributed by atoms with E-state index in [4.69, 9.17) is 11.6 Å². The molecule has 3 N–H and O–H groups in total. The molecule has 1 saturated carbocycles. The lowest BCUT2D eigenvalue weighted by Crippen LogP contribution is -2.37. The van der Waals surface area contributed by atoms with Crippen molar-refractivity contribution >= 4 is 40.9 Å². The number of amides is 2. The molecule has 1 heterocycles. The lowest BCUT2D eigenvalue weighted by atomic mass is 9.82. The predicted molar refractivity (Wildman–Crippen MR) is 145 cm³/mol. The van der Waals surface area contributed by atoms with Crippen molar-refractivity contribution < 1.29 is 14.0 Å². The van der Waals surface area contributed by atoms with Crippen LogP contribution in [0.25, 0.3) is 0 Å². The Morgan fingerprint density at radius 1 is 1.14 bits per heavy atom. The van der Waals surface area contributed by atoms with E-state index in [-0.39, 0.29) is 34.4 Å². The highest BCUT2D eigenvalue weighted by Crippen LogP contribution is 2.41. The summed E-state index contributed by atoms with van der Waals surface area (Å²) in [5, 5.41) is 20.2. The number of allylic oxidation sites excluding steroid dienone is 2. The minimum absolute atomic E-state index is 0.105. The molecule has 1 fully saturated rings. The molecule has 37 heavy (non-hydrogen) atoms. The minimum atomic E-state index is -0.941. The van der Waals surface area contributed by atoms with Gasteiger partial charge in [-0.3, -0.25) is 9.59 Å². The van der Waals surface area contributed by atoms with Crippen molar-refractivity contribution in [3.63, 3.8) is 0 Å². The zero-order valence-corrected chi connectivity index (χ0v) is 22.0. The molecule has 192 valence electrons. The SMILES string of the molecule is CC1=C(C(=O)Nc2ccc(Cl)cc2)[C@@H](c2ccccc2F)C(C#N)=C(SCC(=O)NC2CCCCC2)N1. The summed E-state index contributed by atoms with van der Waals surface area (Å²) in [6.45, 7) is 1.71. The maximum atomic E-state index is 15.0. The monoisotopic (exact) mass is 538 g/mol. The summed E-state index contributed by atoms with van der Waals surface area (Å²) in [7, 11) is 0. The van der Waals surface area contributed by atoms with Gasteiger partial charge in [-0.05, 0) is 50.1 Å². The van der Waals surface area contributed by atoms with Crippen LogP contribution in [0.4, 0.5) is 10.1 Å². The smallest absolute Gasteiger partial charge is 0.254 e. The molecular weight excluding hydrogens is 511 g/mol. The summed E-state index contributed by atoms with van der Waals surface area (Å²) in [5.74, 6) is -1.94. The van der Waals surface area contributed by atoms with Gasteiger partial charge in [0, 0.05) is 33.6 Å². The number of thioether (sulfide) groups is 1. The fourth-order valence-corrected chi connectivity index (χ4v) is 5.76. The van der Waals surface area contributed by atoms with Crippen LogP contribution < -0.4 is 16.0 Å². The summed E-state index contributed by atoms with van der Waals surface area (Å²) in [6.07, 6.45) is 5.37. The van der Waals surface area contributed by atoms with Crippen molar-refractivity contribution in [1.29, 1.82) is 5.26 Å². The van der Waals surface area contributed by atoms with Crippen LogP contribution >= 0.6 is 23.4 Å². The molecule has 2 aromatic carbocycles. The van der Waals surface area contributed by atoms with Crippen LogP contribution in [0.2, 0.25) is 5.02 Å². The van der Waals surface area contributed by atoms with E-state index < -0.39 is 17.6 Å². The van der Waals surface area contributed by atoms with Crippen molar-refractivity contribution in [3.05, 3.63) is 86.8 Å². The van der Waals surface area contributed by atoms with E-state index in [9.17, 15) is 14.9 Å². The predicted octanol–water partition coefficient (Wildman–Crippen LogP) is 6.00. The summed E-state index contributed by atoms with van der Waals surface area (Å²) in [5.41, 5.74) is 1.63. The molecule has 0 radical (unpaired) electrons. The third-order valence-electron chi connectivity index (χ3n) is 6.53. The number of dihydropyridines is 1. The fourth-order valence-electron chi connectivity index (χ4n) is 4.73. The van der Waals surface area contributed by atoms with E-state index in [0.29, 0.717) is 21.4 Å². The number of hydrogen-bond acceptors (Lipinski definition) is 5. The van der Waals surface area contributed by atoms with Gasteiger partial charge in [0.05, 0.1) is 28.3 Å². The van der Waals surface area contributed by atoms with E-state index in [1.165, 1.54) is 24.2 Å². The minimum Gasteiger partial charge on any atom is -0.353 e. The van der Waals surface area contributed by atoms with Crippen LogP contribution in [-0.2, 0) is 9.59 Å². The van der Waals surface area contributed by atoms with Crippen LogP contribution in [-0.4, -0.2) is 23.6 Å². The molecule has 2 amide bonds. The number of carbonyl (C=O) groups is 2. The number of nitriles is 1. The van der Waals surface area contributed by atoms with Gasteiger partial charge in [-0.1, -0.05) is 60.8 Å². The first-order valence-electron chi connectivity index (χ1n) is 12.2. The topological polar surface area (TPSA) is 94.0 Å². The number of nitrogens with zero attached hydrogens (tertiary/aromatic N) is 1. The molecule has 1 aliphatic heterocycles. The fraction of sp³-hybridized carbons (Fsp3) is 0.321. The van der Waals surface area contributed by atoms with Gasteiger partial charge in [0.1, 0.15) is 5.82 Å². The summed E-state index contributed by atoms with van der Waals surface area (Å²) >= 11 is 7.14. The molecule has 9 heteroatoms. The highest BCUT2D eigenvalue weighted by molar-refractivity contribution is 8.03. The molecule has 2 aromatic rings. The highest BCUT2D eigenvalue weighted by atomic mass is 35.5. The van der Waals surface area contributed by atoms with Crippen LogP contribution in [0.1, 0.15) is 50.5 Å². The van der Waals surface area contributed by atoms with Crippen LogP contribution in [0, 0.1) is 17.1 Å². The second-order valence-electron chi connectivity index (χ2n) is 9.12. The Hall–Kier alpha value is -3.28. The molecule has 0 bridgehead atoms. The maximum Gasteiger partial charge on any atom is 0.254 e. The van der Waals surface area contributed by atoms with Crippen LogP contribution in [0.3, 0.4) is 0 Å². The lowest BCUT2D eigenvalue weighted by Gasteiger charge is -2.30. The van der Waals surface area contributed by atoms with Crippen molar-refractivity contribution in [3.8, 4) is 6.07 Å². The van der Waals surface area contributed by atoms with Crippen molar-refractivity contribution in [2.75, 3.05) is 11.1 Å². The Morgan fingerprint density at radius 2 is 1.84 bits per heavy atom. The average molecular weight is 539 g/mol. The number of rotatable bonds is 7. The summed E-state index contributed by atoms with van der Waals surface area (Å²) in [6, 6.07) is 15.1. The second kappa shape index (κ2) is 12.3. The zero-order chi connectivity index (χ0) is 26.4. The van der Waals surface area contributed by atoms with Crippen molar-refractivity contribution in [2.45, 2.75) is 51.0 Å². The first kappa shape index (κ1) is 26.8. The Bertz CT molecular complexity index is 1280. The Balaban J connectivity index is 1.61. The van der Waals surface area contributed by atoms with Crippen LogP contribution in [0.15, 0.2) is 70.4 Å². The quantitative estimate of drug-likeness (QED) is 0.402. The van der Waals surface area contributed by atoms with E-state index in [1.54, 1.807) is 49.4 Å². The Labute approximate surface area is 225 Å². The average Bonchev–Trinajstić information content (AvgIpc) is 2.89. The Kier molecular flexibility index (Phi) is 8.91. The third kappa shape index (κ3) is 6.54. The summed E-state index contributed by atoms with van der Waals surface area (Å²) in [4.78, 5) is 26.1. The maximum absolute atomic E-state index is 15.0. The van der Waals surface area contributed by atoms with Gasteiger partial charge in [0.25, 0.3) is 5.91 Å². The lowest BCUT2D eigenvalue weighted by molar-refractivity contribution is -0.119. The van der Waals surface area contributed by atoms with E-state index in [0.717, 1.165) is 25.7 Å². The number of nitrogens with one attached hydrogen (secondary N) is 3. The first-order chi connectivity index (χ1) is 17.9. The normalized spacial score (nSPS) is 18.2. The molecule has 6 nitrogen and oxygen atoms in total. The molecule has 0 saturated heterocycles. The molecule has 0 spiro atoms. The van der Waals surface area contributed by atoms with Gasteiger partial charge in [-0.15, -0.1) is 0 Å². The van der Waals surface area contributed by atoms with Gasteiger partial charge in [0.2, 0.25) is 5.91 Å². The third-order valence-corrected chi connectivity index (χ3v) is 7.80. The van der Waals surface area contributed by atoms with Gasteiger partial charge in [0.15, 0.2) is 0 Å². The van der Waals surface area contributed by atoms with Gasteiger partial charge < -0.3 is 16.0 Å². The molecule has 0 unspecified atom stereocenters. The molecule has 4 rings (SSSR count). The molecule has 1 atom stereocenters. The number of carbonyl (C=O) groups excluding carboxylic acids is 2. The van der Waals surface area contributed by atoms with Gasteiger partial charge in [-0.25, -0.2) is 4.39 Å². The zero-order valence-electron chi connectivity index (χ0n) is 20.4. The van der Waals surface area contributed by atoms with E-state index in [1.807, 2.05) is 0 Å². The van der Waals surface area contributed by atoms with Crippen LogP contribution in [0.5, 0.6) is 0 Å². The van der Waals surface area contributed by atoms with Gasteiger partial charge >= 0.3 is 0 Å². The second-order valence-corrected chi connectivity index (χ2v) is 10.5.